The molecule has 6 nitrogen and oxygen atoms in total. The number of hydrogen-bond donors (Lipinski definition) is 1. The topological polar surface area (TPSA) is 74.1 Å². The molecule has 0 spiro atoms. The van der Waals surface area contributed by atoms with Gasteiger partial charge in [-0.25, -0.2) is 0 Å². The summed E-state index contributed by atoms with van der Waals surface area (Å²) in [7, 11) is 5.51. The van der Waals surface area contributed by atoms with Crippen molar-refractivity contribution in [3.05, 3.63) is 69.2 Å². The molecule has 1 unspecified atom stereocenters. The lowest BCUT2D eigenvalue weighted by atomic mass is 9.94. The van der Waals surface area contributed by atoms with Crippen LogP contribution in [-0.4, -0.2) is 50.9 Å². The number of ether oxygens (including phenoxy) is 1. The zero-order valence-electron chi connectivity index (χ0n) is 17.5. The van der Waals surface area contributed by atoms with Crippen molar-refractivity contribution >= 4 is 33.4 Å². The average molecular weight is 473 g/mol. The highest BCUT2D eigenvalue weighted by Gasteiger charge is 2.44. The van der Waals surface area contributed by atoms with Gasteiger partial charge in [-0.1, -0.05) is 39.9 Å². The second-order valence-corrected chi connectivity index (χ2v) is 8.58. The number of benzene rings is 2. The van der Waals surface area contributed by atoms with Crippen LogP contribution in [0.25, 0.3) is 5.76 Å². The molecule has 0 saturated carbocycles. The van der Waals surface area contributed by atoms with Crippen molar-refractivity contribution in [3.63, 3.8) is 0 Å². The molecular formula is C23H25BrN2O4. The molecule has 0 radical (unpaired) electrons. The number of ketones is 1. The number of likely N-dealkylation sites (tertiary alicyclic amines) is 1. The van der Waals surface area contributed by atoms with Crippen LogP contribution in [0.15, 0.2) is 52.5 Å². The van der Waals surface area contributed by atoms with Gasteiger partial charge in [-0.05, 0) is 47.9 Å². The molecule has 1 atom stereocenters. The normalized spacial score (nSPS) is 18.3. The molecule has 1 N–H and O–H groups in total. The Hall–Kier alpha value is -2.64. The molecule has 1 aliphatic heterocycles. The Kier molecular flexibility index (Phi) is 6.63. The monoisotopic (exact) mass is 472 g/mol. The van der Waals surface area contributed by atoms with Crippen LogP contribution in [0.1, 0.15) is 22.7 Å². The number of rotatable bonds is 6. The predicted molar refractivity (Wildman–Crippen MR) is 116 cm³/mol. The third-order valence-electron chi connectivity index (χ3n) is 5.22. The first-order valence-electron chi connectivity index (χ1n) is 9.70. The Bertz CT molecular complexity index is 1020. The molecule has 1 aliphatic rings. The lowest BCUT2D eigenvalue weighted by Crippen LogP contribution is -3.06. The van der Waals surface area contributed by atoms with Gasteiger partial charge in [0, 0.05) is 10.0 Å². The van der Waals surface area contributed by atoms with Gasteiger partial charge >= 0.3 is 0 Å². The summed E-state index contributed by atoms with van der Waals surface area (Å²) in [6, 6.07) is 11.8. The van der Waals surface area contributed by atoms with Crippen molar-refractivity contribution in [1.82, 2.24) is 4.90 Å². The van der Waals surface area contributed by atoms with Crippen LogP contribution < -0.4 is 14.7 Å². The lowest BCUT2D eigenvalue weighted by molar-refractivity contribution is -0.857. The molecule has 0 aromatic heterocycles. The van der Waals surface area contributed by atoms with Gasteiger partial charge < -0.3 is 19.6 Å². The second-order valence-electron chi connectivity index (χ2n) is 7.67. The molecule has 1 heterocycles. The number of nitrogens with zero attached hydrogens (tertiary/aromatic N) is 1. The highest BCUT2D eigenvalue weighted by molar-refractivity contribution is 9.10. The molecule has 1 amide bonds. The molecule has 1 fully saturated rings. The van der Waals surface area contributed by atoms with Crippen LogP contribution in [0.2, 0.25) is 0 Å². The Morgan fingerprint density at radius 1 is 1.20 bits per heavy atom. The summed E-state index contributed by atoms with van der Waals surface area (Å²) >= 11 is 3.45. The standard InChI is InChI=1S/C23H25BrN2O4/c1-14-12-17(30-4)8-9-18(14)21(27)19-20(15-6-5-7-16(24)13-15)26(11-10-25(2)3)23(29)22(19)28/h5-9,12-13,20,27H,10-11H2,1-4H3. The van der Waals surface area contributed by atoms with E-state index in [1.807, 2.05) is 38.4 Å². The molecule has 30 heavy (non-hydrogen) atoms. The van der Waals surface area contributed by atoms with Crippen LogP contribution >= 0.6 is 15.9 Å². The number of nitrogens with one attached hydrogen (secondary N) is 1. The second kappa shape index (κ2) is 9.02. The number of methoxy groups -OCH3 is 1. The number of aryl methyl sites for hydroxylation is 1. The summed E-state index contributed by atoms with van der Waals surface area (Å²) in [4.78, 5) is 28.5. The maximum Gasteiger partial charge on any atom is 0.295 e. The maximum atomic E-state index is 13.5. The SMILES string of the molecule is COc1ccc(C([O-])=C2C(=O)C(=O)N(CC[NH+](C)C)C2c2cccc(Br)c2)c(C)c1. The fourth-order valence-corrected chi connectivity index (χ4v) is 4.05. The number of carbonyl (C=O) groups is 2. The van der Waals surface area contributed by atoms with Gasteiger partial charge in [0.2, 0.25) is 5.78 Å². The van der Waals surface area contributed by atoms with Crippen LogP contribution in [0.4, 0.5) is 0 Å². The minimum Gasteiger partial charge on any atom is -0.872 e. The fourth-order valence-electron chi connectivity index (χ4n) is 3.63. The summed E-state index contributed by atoms with van der Waals surface area (Å²) < 4.78 is 6.03. The van der Waals surface area contributed by atoms with Crippen molar-refractivity contribution < 1.29 is 24.3 Å². The zero-order chi connectivity index (χ0) is 22.0. The van der Waals surface area contributed by atoms with Crippen molar-refractivity contribution in [3.8, 4) is 5.75 Å². The van der Waals surface area contributed by atoms with Crippen LogP contribution in [0.3, 0.4) is 0 Å². The molecule has 0 aliphatic carbocycles. The van der Waals surface area contributed by atoms with E-state index in [0.29, 0.717) is 30.0 Å². The van der Waals surface area contributed by atoms with Gasteiger partial charge in [0.25, 0.3) is 5.91 Å². The molecule has 3 rings (SSSR count). The molecule has 0 bridgehead atoms. The first-order chi connectivity index (χ1) is 14.2. The molecule has 2 aromatic carbocycles. The van der Waals surface area contributed by atoms with E-state index in [1.54, 1.807) is 32.2 Å². The van der Waals surface area contributed by atoms with Crippen molar-refractivity contribution in [2.75, 3.05) is 34.3 Å². The third kappa shape index (κ3) is 4.27. The molecule has 1 saturated heterocycles. The lowest BCUT2D eigenvalue weighted by Gasteiger charge is -2.28. The predicted octanol–water partition coefficient (Wildman–Crippen LogP) is 1.13. The third-order valence-corrected chi connectivity index (χ3v) is 5.72. The number of halogens is 1. The molecule has 158 valence electrons. The van der Waals surface area contributed by atoms with E-state index < -0.39 is 23.5 Å². The molecule has 2 aromatic rings. The van der Waals surface area contributed by atoms with Crippen molar-refractivity contribution in [2.24, 2.45) is 0 Å². The van der Waals surface area contributed by atoms with Crippen LogP contribution in [0, 0.1) is 6.92 Å². The first kappa shape index (κ1) is 22.1. The van der Waals surface area contributed by atoms with E-state index in [0.717, 1.165) is 14.9 Å². The smallest absolute Gasteiger partial charge is 0.295 e. The number of Topliss-reactive ketones (excluding diaryl/α,β-unsaturated/α-hetero) is 1. The first-order valence-corrected chi connectivity index (χ1v) is 10.5. The van der Waals surface area contributed by atoms with Gasteiger partial charge in [-0.2, -0.15) is 0 Å². The number of carbonyl (C=O) groups excluding carboxylic acids is 2. The van der Waals surface area contributed by atoms with Crippen molar-refractivity contribution in [1.29, 1.82) is 0 Å². The van der Waals surface area contributed by atoms with Crippen molar-refractivity contribution in [2.45, 2.75) is 13.0 Å². The minimum atomic E-state index is -0.728. The molecular weight excluding hydrogens is 448 g/mol. The Morgan fingerprint density at radius 2 is 1.93 bits per heavy atom. The summed E-state index contributed by atoms with van der Waals surface area (Å²) in [6.07, 6.45) is 0. The van der Waals surface area contributed by atoms with Crippen LogP contribution in [-0.2, 0) is 9.59 Å². The van der Waals surface area contributed by atoms with E-state index in [-0.39, 0.29) is 5.57 Å². The van der Waals surface area contributed by atoms with E-state index in [4.69, 9.17) is 4.74 Å². The summed E-state index contributed by atoms with van der Waals surface area (Å²) in [6.45, 7) is 2.83. The summed E-state index contributed by atoms with van der Waals surface area (Å²) in [5.74, 6) is -1.15. The van der Waals surface area contributed by atoms with Gasteiger partial charge in [0.15, 0.2) is 0 Å². The maximum absolute atomic E-state index is 13.5. The minimum absolute atomic E-state index is 0.000114. The highest BCUT2D eigenvalue weighted by Crippen LogP contribution is 2.39. The van der Waals surface area contributed by atoms with E-state index >= 15 is 0 Å². The van der Waals surface area contributed by atoms with Crippen LogP contribution in [0.5, 0.6) is 5.75 Å². The number of amides is 1. The van der Waals surface area contributed by atoms with Gasteiger partial charge in [0.1, 0.15) is 5.75 Å². The van der Waals surface area contributed by atoms with Gasteiger partial charge in [0.05, 0.1) is 40.3 Å². The number of quaternary nitrogens is 1. The van der Waals surface area contributed by atoms with Gasteiger partial charge in [-0.15, -0.1) is 0 Å². The highest BCUT2D eigenvalue weighted by atomic mass is 79.9. The molecule has 7 heteroatoms. The largest absolute Gasteiger partial charge is 0.872 e. The van der Waals surface area contributed by atoms with E-state index in [9.17, 15) is 14.7 Å². The zero-order valence-corrected chi connectivity index (χ0v) is 19.1. The Labute approximate surface area is 184 Å². The van der Waals surface area contributed by atoms with E-state index in [2.05, 4.69) is 15.9 Å². The van der Waals surface area contributed by atoms with Gasteiger partial charge in [-0.3, -0.25) is 9.59 Å². The van der Waals surface area contributed by atoms with E-state index in [1.165, 1.54) is 4.90 Å². The number of hydrogen-bond acceptors (Lipinski definition) is 4. The fraction of sp³-hybridized carbons (Fsp3) is 0.304. The average Bonchev–Trinajstić information content (AvgIpc) is 2.96. The summed E-state index contributed by atoms with van der Waals surface area (Å²) in [5, 5.41) is 13.5. The Balaban J connectivity index is 2.17. The summed E-state index contributed by atoms with van der Waals surface area (Å²) in [5.41, 5.74) is 1.82. The quantitative estimate of drug-likeness (QED) is 0.388. The Morgan fingerprint density at radius 3 is 2.53 bits per heavy atom. The number of likely N-dealkylation sites (N-methyl/N-ethyl adjacent to an activating group) is 1.